The number of carbonyl (C=O) groups is 1. The van der Waals surface area contributed by atoms with Crippen LogP contribution in [0.25, 0.3) is 0 Å². The molecule has 1 aliphatic heterocycles. The Morgan fingerprint density at radius 3 is 2.68 bits per heavy atom. The summed E-state index contributed by atoms with van der Waals surface area (Å²) < 4.78 is 0. The van der Waals surface area contributed by atoms with Crippen molar-refractivity contribution in [1.29, 1.82) is 0 Å². The van der Waals surface area contributed by atoms with Crippen molar-refractivity contribution >= 4 is 11.9 Å². The van der Waals surface area contributed by atoms with Crippen molar-refractivity contribution in [2.45, 2.75) is 51.9 Å². The molecule has 1 aliphatic rings. The van der Waals surface area contributed by atoms with Crippen molar-refractivity contribution < 1.29 is 4.79 Å². The van der Waals surface area contributed by atoms with Crippen LogP contribution in [0.4, 0.5) is 0 Å². The van der Waals surface area contributed by atoms with E-state index >= 15 is 0 Å². The van der Waals surface area contributed by atoms with Crippen LogP contribution in [0.15, 0.2) is 4.99 Å². The number of nitrogens with two attached hydrogens (primary N) is 1. The number of rotatable bonds is 8. The van der Waals surface area contributed by atoms with Crippen molar-refractivity contribution in [3.8, 4) is 0 Å². The summed E-state index contributed by atoms with van der Waals surface area (Å²) in [5, 5.41) is 3.01. The van der Waals surface area contributed by atoms with Crippen LogP contribution in [-0.4, -0.2) is 42.9 Å². The lowest BCUT2D eigenvalue weighted by Crippen LogP contribution is -2.36. The van der Waals surface area contributed by atoms with Crippen LogP contribution in [0.3, 0.4) is 0 Å². The summed E-state index contributed by atoms with van der Waals surface area (Å²) in [6.45, 7) is 5.38. The smallest absolute Gasteiger partial charge is 0.224 e. The molecule has 0 aromatic rings. The molecule has 0 aromatic carbocycles. The maximum atomic E-state index is 11.8. The van der Waals surface area contributed by atoms with E-state index in [2.05, 4.69) is 17.2 Å². The van der Waals surface area contributed by atoms with E-state index in [0.29, 0.717) is 18.9 Å². The Hall–Kier alpha value is -1.26. The molecular weight excluding hydrogens is 240 g/mol. The van der Waals surface area contributed by atoms with Crippen molar-refractivity contribution in [3.63, 3.8) is 0 Å². The van der Waals surface area contributed by atoms with Crippen LogP contribution in [0.2, 0.25) is 0 Å². The molecule has 1 amide bonds. The van der Waals surface area contributed by atoms with Crippen molar-refractivity contribution in [1.82, 2.24) is 10.2 Å². The second kappa shape index (κ2) is 9.64. The third-order valence-electron chi connectivity index (χ3n) is 3.40. The first-order valence-electron chi connectivity index (χ1n) is 7.55. The van der Waals surface area contributed by atoms with Gasteiger partial charge < -0.3 is 16.0 Å². The van der Waals surface area contributed by atoms with Crippen LogP contribution in [0.5, 0.6) is 0 Å². The number of guanidine groups is 1. The molecule has 0 aromatic heterocycles. The monoisotopic (exact) mass is 268 g/mol. The normalized spacial score (nSPS) is 15.8. The SMILES string of the molecule is CCCCCCN=C(N)NCCC(=O)N1CCCC1. The zero-order valence-electron chi connectivity index (χ0n) is 12.2. The van der Waals surface area contributed by atoms with Gasteiger partial charge in [0.05, 0.1) is 0 Å². The van der Waals surface area contributed by atoms with Gasteiger partial charge in [-0.1, -0.05) is 26.2 Å². The molecule has 0 aliphatic carbocycles. The minimum absolute atomic E-state index is 0.223. The predicted octanol–water partition coefficient (Wildman–Crippen LogP) is 1.48. The fraction of sp³-hybridized carbons (Fsp3) is 0.857. The van der Waals surface area contributed by atoms with Gasteiger partial charge in [0.15, 0.2) is 5.96 Å². The van der Waals surface area contributed by atoms with E-state index in [9.17, 15) is 4.79 Å². The standard InChI is InChI=1S/C14H28N4O/c1-2-3-4-5-9-16-14(15)17-10-8-13(19)18-11-6-7-12-18/h2-12H2,1H3,(H3,15,16,17). The van der Waals surface area contributed by atoms with Gasteiger partial charge in [-0.2, -0.15) is 0 Å². The number of nitrogens with zero attached hydrogens (tertiary/aromatic N) is 2. The third-order valence-corrected chi connectivity index (χ3v) is 3.40. The van der Waals surface area contributed by atoms with Crippen molar-refractivity contribution in [3.05, 3.63) is 0 Å². The maximum absolute atomic E-state index is 11.8. The van der Waals surface area contributed by atoms with Crippen LogP contribution < -0.4 is 11.1 Å². The first-order chi connectivity index (χ1) is 9.24. The number of unbranched alkanes of at least 4 members (excludes halogenated alkanes) is 3. The number of amides is 1. The van der Waals surface area contributed by atoms with E-state index in [1.165, 1.54) is 19.3 Å². The lowest BCUT2D eigenvalue weighted by molar-refractivity contribution is -0.129. The molecule has 0 radical (unpaired) electrons. The van der Waals surface area contributed by atoms with Crippen LogP contribution in [0, 0.1) is 0 Å². The molecule has 1 rings (SSSR count). The van der Waals surface area contributed by atoms with Gasteiger partial charge in [0.1, 0.15) is 0 Å². The largest absolute Gasteiger partial charge is 0.370 e. The molecule has 1 saturated heterocycles. The number of nitrogens with one attached hydrogen (secondary N) is 1. The summed E-state index contributed by atoms with van der Waals surface area (Å²) in [7, 11) is 0. The Balaban J connectivity index is 2.03. The number of likely N-dealkylation sites (tertiary alicyclic amines) is 1. The number of hydrogen-bond donors (Lipinski definition) is 2. The average molecular weight is 268 g/mol. The zero-order valence-corrected chi connectivity index (χ0v) is 12.2. The van der Waals surface area contributed by atoms with Crippen molar-refractivity contribution in [2.24, 2.45) is 10.7 Å². The van der Waals surface area contributed by atoms with Gasteiger partial charge >= 0.3 is 0 Å². The molecular formula is C14H28N4O. The lowest BCUT2D eigenvalue weighted by atomic mass is 10.2. The minimum atomic E-state index is 0.223. The highest BCUT2D eigenvalue weighted by molar-refractivity contribution is 5.80. The van der Waals surface area contributed by atoms with Gasteiger partial charge in [-0.3, -0.25) is 9.79 Å². The van der Waals surface area contributed by atoms with E-state index < -0.39 is 0 Å². The molecule has 0 bridgehead atoms. The number of hydrogen-bond acceptors (Lipinski definition) is 2. The molecule has 5 nitrogen and oxygen atoms in total. The first kappa shape index (κ1) is 15.8. The van der Waals surface area contributed by atoms with E-state index in [4.69, 9.17) is 5.73 Å². The molecule has 1 fully saturated rings. The lowest BCUT2D eigenvalue weighted by Gasteiger charge is -2.15. The van der Waals surface area contributed by atoms with Gasteiger partial charge in [0.2, 0.25) is 5.91 Å². The summed E-state index contributed by atoms with van der Waals surface area (Å²) in [6, 6.07) is 0. The van der Waals surface area contributed by atoms with E-state index in [1.807, 2.05) is 4.90 Å². The molecule has 5 heteroatoms. The maximum Gasteiger partial charge on any atom is 0.224 e. The van der Waals surface area contributed by atoms with E-state index in [0.717, 1.165) is 38.9 Å². The number of aliphatic imine (C=N–C) groups is 1. The second-order valence-corrected chi connectivity index (χ2v) is 5.09. The summed E-state index contributed by atoms with van der Waals surface area (Å²) in [6.07, 6.45) is 7.57. The van der Waals surface area contributed by atoms with Gasteiger partial charge in [0, 0.05) is 32.6 Å². The molecule has 0 atom stereocenters. The summed E-state index contributed by atoms with van der Waals surface area (Å²) in [5.74, 6) is 0.687. The van der Waals surface area contributed by atoms with Crippen molar-refractivity contribution in [2.75, 3.05) is 26.2 Å². The average Bonchev–Trinajstić information content (AvgIpc) is 2.92. The van der Waals surface area contributed by atoms with Crippen LogP contribution in [-0.2, 0) is 4.79 Å². The van der Waals surface area contributed by atoms with Gasteiger partial charge in [-0.05, 0) is 19.3 Å². The van der Waals surface area contributed by atoms with Crippen LogP contribution in [0.1, 0.15) is 51.9 Å². The first-order valence-corrected chi connectivity index (χ1v) is 7.55. The fourth-order valence-electron chi connectivity index (χ4n) is 2.22. The Bertz CT molecular complexity index is 285. The Morgan fingerprint density at radius 2 is 2.00 bits per heavy atom. The fourth-order valence-corrected chi connectivity index (χ4v) is 2.22. The van der Waals surface area contributed by atoms with Crippen LogP contribution >= 0.6 is 0 Å². The Kier molecular flexibility index (Phi) is 8.02. The predicted molar refractivity (Wildman–Crippen MR) is 79.1 cm³/mol. The number of carbonyl (C=O) groups excluding carboxylic acids is 1. The van der Waals surface area contributed by atoms with Gasteiger partial charge in [-0.15, -0.1) is 0 Å². The molecule has 19 heavy (non-hydrogen) atoms. The highest BCUT2D eigenvalue weighted by Crippen LogP contribution is 2.08. The molecule has 0 spiro atoms. The second-order valence-electron chi connectivity index (χ2n) is 5.09. The van der Waals surface area contributed by atoms with Gasteiger partial charge in [-0.25, -0.2) is 0 Å². The summed E-state index contributed by atoms with van der Waals surface area (Å²) in [4.78, 5) is 17.9. The summed E-state index contributed by atoms with van der Waals surface area (Å²) in [5.41, 5.74) is 5.74. The van der Waals surface area contributed by atoms with E-state index in [-0.39, 0.29) is 5.91 Å². The Morgan fingerprint density at radius 1 is 1.26 bits per heavy atom. The molecule has 0 unspecified atom stereocenters. The minimum Gasteiger partial charge on any atom is -0.370 e. The molecule has 110 valence electrons. The molecule has 3 N–H and O–H groups in total. The molecule has 1 heterocycles. The topological polar surface area (TPSA) is 70.7 Å². The van der Waals surface area contributed by atoms with E-state index in [1.54, 1.807) is 0 Å². The summed E-state index contributed by atoms with van der Waals surface area (Å²) >= 11 is 0. The quantitative estimate of drug-likeness (QED) is 0.398. The highest BCUT2D eigenvalue weighted by atomic mass is 16.2. The third kappa shape index (κ3) is 7.03. The van der Waals surface area contributed by atoms with Gasteiger partial charge in [0.25, 0.3) is 0 Å². The molecule has 0 saturated carbocycles. The zero-order chi connectivity index (χ0) is 13.9. The highest BCUT2D eigenvalue weighted by Gasteiger charge is 2.16. The Labute approximate surface area is 116 Å².